The molecule has 0 heterocycles. The molecule has 0 saturated heterocycles. The molecule has 4 heteroatoms. The van der Waals surface area contributed by atoms with Gasteiger partial charge in [-0.15, -0.1) is 0 Å². The van der Waals surface area contributed by atoms with Gasteiger partial charge in [0.1, 0.15) is 0 Å². The molecule has 4 unspecified atom stereocenters. The molecule has 0 saturated carbocycles. The average Bonchev–Trinajstić information content (AvgIpc) is 2.88. The Bertz CT molecular complexity index is 482. The third-order valence-corrected chi connectivity index (χ3v) is 8.37. The Kier molecular flexibility index (Phi) is 21.3. The second-order valence-electron chi connectivity index (χ2n) is 11.4. The van der Waals surface area contributed by atoms with Crippen molar-refractivity contribution in [3.8, 4) is 0 Å². The highest BCUT2D eigenvalue weighted by Gasteiger charge is 2.23. The minimum Gasteiger partial charge on any atom is -0.337 e. The van der Waals surface area contributed by atoms with Crippen LogP contribution >= 0.6 is 0 Å². The van der Waals surface area contributed by atoms with Crippen LogP contribution in [0.2, 0.25) is 0 Å². The molecular formula is C32H64N2O2. The van der Waals surface area contributed by atoms with Crippen LogP contribution < -0.4 is 0 Å². The molecule has 0 bridgehead atoms. The first kappa shape index (κ1) is 34.9. The summed E-state index contributed by atoms with van der Waals surface area (Å²) in [6, 6.07) is 1.41. The van der Waals surface area contributed by atoms with Crippen LogP contribution in [0.25, 0.3) is 0 Å². The lowest BCUT2D eigenvalue weighted by molar-refractivity contribution is -0.136. The lowest BCUT2D eigenvalue weighted by Gasteiger charge is -2.34. The summed E-state index contributed by atoms with van der Waals surface area (Å²) in [5, 5.41) is 0. The number of rotatable bonds is 23. The Labute approximate surface area is 226 Å². The SMILES string of the molecule is CCC(C)N(C(=O)CCCCCCCCCCCCCCC(=O)N(C(C)CC)C(C)CC)C(C)CC. The van der Waals surface area contributed by atoms with Gasteiger partial charge in [0.25, 0.3) is 0 Å². The standard InChI is InChI=1S/C32H64N2O2/c1-9-27(5)33(28(6)10-2)31(35)25-23-21-19-17-15-13-14-16-18-20-22-24-26-32(36)34(29(7)11-3)30(8)12-4/h27-30H,9-26H2,1-8H3. The van der Waals surface area contributed by atoms with E-state index >= 15 is 0 Å². The Morgan fingerprint density at radius 3 is 0.806 bits per heavy atom. The monoisotopic (exact) mass is 508 g/mol. The van der Waals surface area contributed by atoms with Crippen LogP contribution in [0.15, 0.2) is 0 Å². The minimum atomic E-state index is 0.351. The van der Waals surface area contributed by atoms with Crippen molar-refractivity contribution >= 4 is 11.8 Å². The van der Waals surface area contributed by atoms with E-state index in [1.807, 2.05) is 0 Å². The molecule has 0 aromatic heterocycles. The van der Waals surface area contributed by atoms with Crippen LogP contribution in [-0.4, -0.2) is 45.8 Å². The molecule has 0 aromatic carbocycles. The molecule has 4 nitrogen and oxygen atoms in total. The normalized spacial score (nSPS) is 14.8. The Morgan fingerprint density at radius 2 is 0.611 bits per heavy atom. The maximum atomic E-state index is 12.7. The molecule has 0 aliphatic rings. The fourth-order valence-corrected chi connectivity index (χ4v) is 5.22. The predicted octanol–water partition coefficient (Wildman–Crippen LogP) is 9.30. The van der Waals surface area contributed by atoms with Crippen LogP contribution in [0.5, 0.6) is 0 Å². The van der Waals surface area contributed by atoms with E-state index in [0.29, 0.717) is 48.8 Å². The smallest absolute Gasteiger partial charge is 0.223 e. The molecule has 0 aliphatic heterocycles. The zero-order chi connectivity index (χ0) is 27.3. The van der Waals surface area contributed by atoms with E-state index in [4.69, 9.17) is 0 Å². The van der Waals surface area contributed by atoms with Gasteiger partial charge >= 0.3 is 0 Å². The lowest BCUT2D eigenvalue weighted by Crippen LogP contribution is -2.44. The van der Waals surface area contributed by atoms with Crippen LogP contribution in [0, 0.1) is 0 Å². The van der Waals surface area contributed by atoms with E-state index in [1.165, 1.54) is 64.2 Å². The van der Waals surface area contributed by atoms with Gasteiger partial charge in [0, 0.05) is 37.0 Å². The molecule has 0 radical (unpaired) electrons. The van der Waals surface area contributed by atoms with E-state index in [2.05, 4.69) is 65.2 Å². The summed E-state index contributed by atoms with van der Waals surface area (Å²) in [6.45, 7) is 17.4. The fraction of sp³-hybridized carbons (Fsp3) is 0.938. The van der Waals surface area contributed by atoms with Gasteiger partial charge in [-0.1, -0.05) is 91.9 Å². The summed E-state index contributed by atoms with van der Waals surface area (Å²) in [4.78, 5) is 29.7. The largest absolute Gasteiger partial charge is 0.337 e. The number of carbonyl (C=O) groups is 2. The number of hydrogen-bond acceptors (Lipinski definition) is 2. The summed E-state index contributed by atoms with van der Waals surface area (Å²) in [7, 11) is 0. The molecule has 0 rings (SSSR count). The van der Waals surface area contributed by atoms with Crippen molar-refractivity contribution in [2.45, 2.75) is 195 Å². The molecule has 0 fully saturated rings. The van der Waals surface area contributed by atoms with Gasteiger partial charge in [-0.2, -0.15) is 0 Å². The molecule has 214 valence electrons. The van der Waals surface area contributed by atoms with Gasteiger partial charge in [-0.05, 0) is 66.2 Å². The van der Waals surface area contributed by atoms with Gasteiger partial charge < -0.3 is 9.80 Å². The van der Waals surface area contributed by atoms with Crippen molar-refractivity contribution in [3.05, 3.63) is 0 Å². The summed E-state index contributed by atoms with van der Waals surface area (Å²) in [6.07, 6.45) is 20.5. The van der Waals surface area contributed by atoms with Crippen molar-refractivity contribution in [1.29, 1.82) is 0 Å². The van der Waals surface area contributed by atoms with Crippen molar-refractivity contribution < 1.29 is 9.59 Å². The van der Waals surface area contributed by atoms with Gasteiger partial charge in [0.2, 0.25) is 11.8 Å². The molecule has 0 aliphatic carbocycles. The lowest BCUT2D eigenvalue weighted by atomic mass is 10.0. The Morgan fingerprint density at radius 1 is 0.417 bits per heavy atom. The molecular weight excluding hydrogens is 444 g/mol. The summed E-state index contributed by atoms with van der Waals surface area (Å²) < 4.78 is 0. The number of nitrogens with zero attached hydrogens (tertiary/aromatic N) is 2. The van der Waals surface area contributed by atoms with Gasteiger partial charge in [-0.25, -0.2) is 0 Å². The van der Waals surface area contributed by atoms with Gasteiger partial charge in [-0.3, -0.25) is 9.59 Å². The van der Waals surface area contributed by atoms with Crippen LogP contribution in [0.4, 0.5) is 0 Å². The van der Waals surface area contributed by atoms with Gasteiger partial charge in [0.15, 0.2) is 0 Å². The van der Waals surface area contributed by atoms with Crippen LogP contribution in [0.3, 0.4) is 0 Å². The second-order valence-corrected chi connectivity index (χ2v) is 11.4. The summed E-state index contributed by atoms with van der Waals surface area (Å²) in [5.41, 5.74) is 0. The topological polar surface area (TPSA) is 40.6 Å². The average molecular weight is 509 g/mol. The van der Waals surface area contributed by atoms with Crippen molar-refractivity contribution in [3.63, 3.8) is 0 Å². The fourth-order valence-electron chi connectivity index (χ4n) is 5.22. The van der Waals surface area contributed by atoms with E-state index in [1.54, 1.807) is 0 Å². The van der Waals surface area contributed by atoms with E-state index in [9.17, 15) is 9.59 Å². The van der Waals surface area contributed by atoms with Crippen molar-refractivity contribution in [1.82, 2.24) is 9.80 Å². The quantitative estimate of drug-likeness (QED) is 0.129. The maximum absolute atomic E-state index is 12.7. The number of hydrogen-bond donors (Lipinski definition) is 0. The minimum absolute atomic E-state index is 0.351. The molecule has 2 amide bonds. The first-order valence-corrected chi connectivity index (χ1v) is 15.9. The van der Waals surface area contributed by atoms with Crippen LogP contribution in [-0.2, 0) is 9.59 Å². The van der Waals surface area contributed by atoms with E-state index < -0.39 is 0 Å². The number of carbonyl (C=O) groups excluding carboxylic acids is 2. The predicted molar refractivity (Wildman–Crippen MR) is 157 cm³/mol. The van der Waals surface area contributed by atoms with Gasteiger partial charge in [0.05, 0.1) is 0 Å². The first-order valence-electron chi connectivity index (χ1n) is 15.9. The Balaban J connectivity index is 3.75. The van der Waals surface area contributed by atoms with E-state index in [-0.39, 0.29) is 0 Å². The Hall–Kier alpha value is -1.06. The third kappa shape index (κ3) is 14.6. The summed E-state index contributed by atoms with van der Waals surface area (Å²) >= 11 is 0. The number of amides is 2. The number of unbranched alkanes of at least 4 members (excludes halogenated alkanes) is 11. The van der Waals surface area contributed by atoms with Crippen molar-refractivity contribution in [2.75, 3.05) is 0 Å². The molecule has 0 aromatic rings. The highest BCUT2D eigenvalue weighted by Crippen LogP contribution is 2.18. The third-order valence-electron chi connectivity index (χ3n) is 8.37. The highest BCUT2D eigenvalue weighted by atomic mass is 16.2. The molecule has 4 atom stereocenters. The highest BCUT2D eigenvalue weighted by molar-refractivity contribution is 5.77. The maximum Gasteiger partial charge on any atom is 0.223 e. The first-order chi connectivity index (χ1) is 17.2. The second kappa shape index (κ2) is 22.0. The van der Waals surface area contributed by atoms with Crippen molar-refractivity contribution in [2.24, 2.45) is 0 Å². The van der Waals surface area contributed by atoms with Crippen LogP contribution in [0.1, 0.15) is 171 Å². The molecule has 36 heavy (non-hydrogen) atoms. The molecule has 0 spiro atoms. The summed E-state index contributed by atoms with van der Waals surface area (Å²) in [5.74, 6) is 0.706. The zero-order valence-electron chi connectivity index (χ0n) is 25.7. The van der Waals surface area contributed by atoms with E-state index in [0.717, 1.165) is 38.5 Å². The zero-order valence-corrected chi connectivity index (χ0v) is 25.7. The molecule has 0 N–H and O–H groups in total.